The Hall–Kier alpha value is -4.45. The van der Waals surface area contributed by atoms with Gasteiger partial charge in [0.1, 0.15) is 12.1 Å². The SMILES string of the molecule is COc1nnc(NC(=O)c2cnc(N3CCCCC3)c(C)c2)cc1C#Cn1cnc2cc(C)ccc21. The molecule has 0 aliphatic carbocycles. The number of hydrogen-bond acceptors (Lipinski definition) is 7. The molecule has 1 saturated heterocycles. The van der Waals surface area contributed by atoms with Crippen LogP contribution >= 0.6 is 0 Å². The summed E-state index contributed by atoms with van der Waals surface area (Å²) in [5.74, 6) is 4.22. The van der Waals surface area contributed by atoms with Gasteiger partial charge in [0.05, 0.1) is 29.3 Å². The highest BCUT2D eigenvalue weighted by molar-refractivity contribution is 6.03. The molecule has 5 rings (SSSR count). The van der Waals surface area contributed by atoms with E-state index in [1.165, 1.54) is 26.4 Å². The highest BCUT2D eigenvalue weighted by Crippen LogP contribution is 2.23. The van der Waals surface area contributed by atoms with Gasteiger partial charge in [-0.1, -0.05) is 6.07 Å². The minimum Gasteiger partial charge on any atom is -0.479 e. The molecule has 36 heavy (non-hydrogen) atoms. The smallest absolute Gasteiger partial charge is 0.258 e. The number of ether oxygens (including phenoxy) is 1. The molecule has 1 aliphatic rings. The minimum atomic E-state index is -0.315. The van der Waals surface area contributed by atoms with Crippen LogP contribution in [0.5, 0.6) is 5.88 Å². The molecule has 1 fully saturated rings. The third kappa shape index (κ3) is 4.84. The van der Waals surface area contributed by atoms with Crippen molar-refractivity contribution in [2.75, 3.05) is 30.4 Å². The standard InChI is InChI=1S/C27H27N7O2/c1-18-7-8-23-22(13-18)29-17-34(23)12-9-20-15-24(31-32-27(20)36-3)30-26(35)21-14-19(2)25(28-16-21)33-10-5-4-6-11-33/h7-8,13-17H,4-6,10-11H2,1-3H3,(H,30,31,35). The maximum atomic E-state index is 12.9. The van der Waals surface area contributed by atoms with Crippen molar-refractivity contribution in [2.45, 2.75) is 33.1 Å². The molecule has 1 aromatic carbocycles. The van der Waals surface area contributed by atoms with Crippen molar-refractivity contribution in [3.63, 3.8) is 0 Å². The van der Waals surface area contributed by atoms with Gasteiger partial charge in [0.15, 0.2) is 5.82 Å². The third-order valence-electron chi connectivity index (χ3n) is 6.18. The Labute approximate surface area is 209 Å². The van der Waals surface area contributed by atoms with Crippen LogP contribution in [0.15, 0.2) is 42.9 Å². The van der Waals surface area contributed by atoms with Crippen LogP contribution < -0.4 is 15.0 Å². The number of carbonyl (C=O) groups is 1. The fourth-order valence-electron chi connectivity index (χ4n) is 4.33. The number of fused-ring (bicyclic) bond motifs is 1. The molecule has 182 valence electrons. The Kier molecular flexibility index (Phi) is 6.50. The molecule has 0 atom stereocenters. The molecule has 9 nitrogen and oxygen atoms in total. The molecule has 0 radical (unpaired) electrons. The van der Waals surface area contributed by atoms with Crippen LogP contribution in [0.4, 0.5) is 11.6 Å². The van der Waals surface area contributed by atoms with E-state index in [2.05, 4.69) is 42.3 Å². The monoisotopic (exact) mass is 481 g/mol. The van der Waals surface area contributed by atoms with Gasteiger partial charge in [-0.3, -0.25) is 9.36 Å². The zero-order valence-electron chi connectivity index (χ0n) is 20.6. The molecule has 0 unspecified atom stereocenters. The Balaban J connectivity index is 1.36. The van der Waals surface area contributed by atoms with E-state index in [1.807, 2.05) is 38.1 Å². The van der Waals surface area contributed by atoms with Gasteiger partial charge < -0.3 is 15.0 Å². The lowest BCUT2D eigenvalue weighted by Crippen LogP contribution is -2.31. The lowest BCUT2D eigenvalue weighted by Gasteiger charge is -2.29. The lowest BCUT2D eigenvalue weighted by atomic mass is 10.1. The number of benzene rings is 1. The number of hydrogen-bond donors (Lipinski definition) is 1. The number of imidazole rings is 1. The molecule has 1 aliphatic heterocycles. The number of aryl methyl sites for hydroxylation is 2. The molecule has 0 bridgehead atoms. The molecule has 4 heterocycles. The number of piperidine rings is 1. The zero-order valence-corrected chi connectivity index (χ0v) is 20.6. The maximum absolute atomic E-state index is 12.9. The summed E-state index contributed by atoms with van der Waals surface area (Å²) < 4.78 is 7.06. The predicted octanol–water partition coefficient (Wildman–Crippen LogP) is 3.95. The first-order valence-corrected chi connectivity index (χ1v) is 11.9. The number of methoxy groups -OCH3 is 1. The topological polar surface area (TPSA) is 98.1 Å². The molecule has 1 amide bonds. The number of amides is 1. The quantitative estimate of drug-likeness (QED) is 0.441. The van der Waals surface area contributed by atoms with Crippen LogP contribution in [0.2, 0.25) is 0 Å². The molecular weight excluding hydrogens is 454 g/mol. The minimum absolute atomic E-state index is 0.268. The summed E-state index contributed by atoms with van der Waals surface area (Å²) in [7, 11) is 1.50. The van der Waals surface area contributed by atoms with Crippen LogP contribution in [0.1, 0.15) is 46.3 Å². The van der Waals surface area contributed by atoms with Gasteiger partial charge in [-0.15, -0.1) is 10.2 Å². The summed E-state index contributed by atoms with van der Waals surface area (Å²) in [5.41, 5.74) is 4.82. The second-order valence-corrected chi connectivity index (χ2v) is 8.86. The lowest BCUT2D eigenvalue weighted by molar-refractivity contribution is 0.102. The van der Waals surface area contributed by atoms with Crippen LogP contribution in [0, 0.1) is 25.8 Å². The number of rotatable bonds is 4. The first-order valence-electron chi connectivity index (χ1n) is 11.9. The van der Waals surface area contributed by atoms with Crippen molar-refractivity contribution in [1.29, 1.82) is 0 Å². The molecule has 0 saturated carbocycles. The maximum Gasteiger partial charge on any atom is 0.258 e. The Morgan fingerprint density at radius 2 is 1.89 bits per heavy atom. The number of aromatic nitrogens is 5. The number of carbonyl (C=O) groups excluding carboxylic acids is 1. The number of pyridine rings is 1. The van der Waals surface area contributed by atoms with E-state index in [9.17, 15) is 4.79 Å². The highest BCUT2D eigenvalue weighted by Gasteiger charge is 2.17. The fraction of sp³-hybridized carbons (Fsp3) is 0.296. The van der Waals surface area contributed by atoms with E-state index in [0.717, 1.165) is 41.1 Å². The Bertz CT molecular complexity index is 1490. The molecular formula is C27H27N7O2. The molecule has 0 spiro atoms. The van der Waals surface area contributed by atoms with Crippen molar-refractivity contribution in [2.24, 2.45) is 0 Å². The van der Waals surface area contributed by atoms with Crippen molar-refractivity contribution in [3.8, 4) is 17.8 Å². The van der Waals surface area contributed by atoms with E-state index in [0.29, 0.717) is 11.1 Å². The average Bonchev–Trinajstić information content (AvgIpc) is 3.29. The number of nitrogens with one attached hydrogen (secondary N) is 1. The second-order valence-electron chi connectivity index (χ2n) is 8.86. The van der Waals surface area contributed by atoms with Gasteiger partial charge in [-0.05, 0) is 68.4 Å². The third-order valence-corrected chi connectivity index (χ3v) is 6.18. The number of anilines is 2. The number of nitrogens with zero attached hydrogens (tertiary/aromatic N) is 6. The van der Waals surface area contributed by atoms with Crippen molar-refractivity contribution in [1.82, 2.24) is 24.7 Å². The van der Waals surface area contributed by atoms with Crippen LogP contribution in [-0.4, -0.2) is 50.8 Å². The van der Waals surface area contributed by atoms with Gasteiger partial charge in [-0.2, -0.15) is 0 Å². The van der Waals surface area contributed by atoms with Gasteiger partial charge in [0.25, 0.3) is 5.91 Å². The van der Waals surface area contributed by atoms with Gasteiger partial charge in [0.2, 0.25) is 5.88 Å². The van der Waals surface area contributed by atoms with E-state index < -0.39 is 0 Å². The van der Waals surface area contributed by atoms with E-state index in [4.69, 9.17) is 4.74 Å². The zero-order chi connectivity index (χ0) is 25.1. The molecule has 4 aromatic rings. The molecule has 1 N–H and O–H groups in total. The molecule has 9 heteroatoms. The first kappa shape index (κ1) is 23.3. The van der Waals surface area contributed by atoms with Crippen LogP contribution in [0.25, 0.3) is 11.0 Å². The summed E-state index contributed by atoms with van der Waals surface area (Å²) >= 11 is 0. The van der Waals surface area contributed by atoms with Gasteiger partial charge >= 0.3 is 0 Å². The first-order chi connectivity index (χ1) is 17.5. The largest absolute Gasteiger partial charge is 0.479 e. The van der Waals surface area contributed by atoms with Gasteiger partial charge in [-0.25, -0.2) is 9.97 Å². The summed E-state index contributed by atoms with van der Waals surface area (Å²) in [5, 5.41) is 10.9. The van der Waals surface area contributed by atoms with E-state index in [1.54, 1.807) is 23.2 Å². The summed E-state index contributed by atoms with van der Waals surface area (Å²) in [6, 6.07) is 12.6. The average molecular weight is 482 g/mol. The fourth-order valence-corrected chi connectivity index (χ4v) is 4.33. The van der Waals surface area contributed by atoms with E-state index >= 15 is 0 Å². The van der Waals surface area contributed by atoms with Crippen molar-refractivity contribution < 1.29 is 9.53 Å². The van der Waals surface area contributed by atoms with Crippen LogP contribution in [-0.2, 0) is 0 Å². The summed E-state index contributed by atoms with van der Waals surface area (Å²) in [6.07, 6.45) is 6.87. The highest BCUT2D eigenvalue weighted by atomic mass is 16.5. The summed E-state index contributed by atoms with van der Waals surface area (Å²) in [4.78, 5) is 24.2. The molecule has 3 aromatic heterocycles. The predicted molar refractivity (Wildman–Crippen MR) is 138 cm³/mol. The van der Waals surface area contributed by atoms with E-state index in [-0.39, 0.29) is 17.6 Å². The van der Waals surface area contributed by atoms with Gasteiger partial charge in [0, 0.05) is 31.4 Å². The Morgan fingerprint density at radius 1 is 1.06 bits per heavy atom. The summed E-state index contributed by atoms with van der Waals surface area (Å²) in [6.45, 7) is 6.00. The van der Waals surface area contributed by atoms with Crippen molar-refractivity contribution >= 4 is 28.6 Å². The normalized spacial score (nSPS) is 13.2. The second kappa shape index (κ2) is 10.0. The van der Waals surface area contributed by atoms with Crippen LogP contribution in [0.3, 0.4) is 0 Å². The Morgan fingerprint density at radius 3 is 2.67 bits per heavy atom. The van der Waals surface area contributed by atoms with Crippen molar-refractivity contribution in [3.05, 3.63) is 65.1 Å².